The molecule has 40 heavy (non-hydrogen) atoms. The van der Waals surface area contributed by atoms with Crippen molar-refractivity contribution in [1.82, 2.24) is 24.5 Å². The molecular weight excluding hydrogens is 582 g/mol. The molecule has 0 aromatic carbocycles. The Bertz CT molecular complexity index is 1140. The number of ether oxygens (including phenoxy) is 2. The predicted octanol–water partition coefficient (Wildman–Crippen LogP) is 1.95. The highest BCUT2D eigenvalue weighted by molar-refractivity contribution is 7.05. The van der Waals surface area contributed by atoms with Crippen molar-refractivity contribution >= 4 is 35.2 Å². The average Bonchev–Trinajstić information content (AvgIpc) is 3.34. The number of aryl methyl sites for hydroxylation is 1. The SMILES string of the molecule is Cc1snnc1C(=O)N1CCOCC1c1nccc(N2CCOCC2)n1.O=C(O)C(F)(F)F.O=C(O)C(F)(F)F. The maximum atomic E-state index is 12.9. The van der Waals surface area contributed by atoms with E-state index in [0.717, 1.165) is 23.8 Å². The van der Waals surface area contributed by atoms with Gasteiger partial charge in [0.1, 0.15) is 11.9 Å². The summed E-state index contributed by atoms with van der Waals surface area (Å²) in [5.74, 6) is -4.23. The molecule has 2 saturated heterocycles. The highest BCUT2D eigenvalue weighted by Gasteiger charge is 2.39. The number of hydrogen-bond donors (Lipinski definition) is 2. The summed E-state index contributed by atoms with van der Waals surface area (Å²) in [6.45, 7) is 6.15. The van der Waals surface area contributed by atoms with Gasteiger partial charge in [-0.1, -0.05) is 4.49 Å². The quantitative estimate of drug-likeness (QED) is 0.490. The van der Waals surface area contributed by atoms with E-state index in [1.165, 1.54) is 11.5 Å². The van der Waals surface area contributed by atoms with Crippen molar-refractivity contribution in [2.24, 2.45) is 0 Å². The Kier molecular flexibility index (Phi) is 11.5. The molecule has 0 aliphatic carbocycles. The molecule has 4 heterocycles. The van der Waals surface area contributed by atoms with Crippen molar-refractivity contribution < 1.29 is 60.4 Å². The first-order valence-corrected chi connectivity index (χ1v) is 11.8. The normalized spacial score (nSPS) is 17.6. The second-order valence-corrected chi connectivity index (χ2v) is 8.70. The molecule has 2 aliphatic rings. The highest BCUT2D eigenvalue weighted by Crippen LogP contribution is 2.26. The zero-order chi connectivity index (χ0) is 30.1. The second-order valence-electron chi connectivity index (χ2n) is 7.75. The van der Waals surface area contributed by atoms with Gasteiger partial charge in [0.05, 0.1) is 31.3 Å². The molecule has 1 unspecified atom stereocenters. The Balaban J connectivity index is 0.000000333. The van der Waals surface area contributed by atoms with Crippen LogP contribution in [0.25, 0.3) is 0 Å². The summed E-state index contributed by atoms with van der Waals surface area (Å²) in [7, 11) is 0. The lowest BCUT2D eigenvalue weighted by atomic mass is 10.2. The van der Waals surface area contributed by atoms with Crippen molar-refractivity contribution in [1.29, 1.82) is 0 Å². The third-order valence-corrected chi connectivity index (χ3v) is 5.65. The molecule has 0 radical (unpaired) electrons. The number of hydrogen-bond acceptors (Lipinski definition) is 11. The first-order chi connectivity index (χ1) is 18.6. The zero-order valence-electron chi connectivity index (χ0n) is 20.5. The number of rotatable bonds is 3. The number of alkyl halides is 6. The third kappa shape index (κ3) is 9.52. The fourth-order valence-corrected chi connectivity index (χ4v) is 3.58. The van der Waals surface area contributed by atoms with Crippen molar-refractivity contribution in [3.8, 4) is 0 Å². The molecule has 20 heteroatoms. The van der Waals surface area contributed by atoms with Crippen LogP contribution in [-0.4, -0.2) is 111 Å². The zero-order valence-corrected chi connectivity index (χ0v) is 21.3. The van der Waals surface area contributed by atoms with Gasteiger partial charge in [0.15, 0.2) is 11.5 Å². The van der Waals surface area contributed by atoms with Crippen molar-refractivity contribution in [2.45, 2.75) is 25.3 Å². The van der Waals surface area contributed by atoms with Crippen LogP contribution in [0.3, 0.4) is 0 Å². The lowest BCUT2D eigenvalue weighted by Gasteiger charge is -2.35. The van der Waals surface area contributed by atoms with Crippen LogP contribution in [0, 0.1) is 6.92 Å². The van der Waals surface area contributed by atoms with E-state index in [2.05, 4.69) is 19.5 Å². The van der Waals surface area contributed by atoms with Crippen LogP contribution < -0.4 is 4.90 Å². The Labute approximate surface area is 225 Å². The van der Waals surface area contributed by atoms with Gasteiger partial charge in [0.25, 0.3) is 5.91 Å². The number of carbonyl (C=O) groups excluding carboxylic acids is 1. The van der Waals surface area contributed by atoms with Gasteiger partial charge < -0.3 is 29.5 Å². The minimum Gasteiger partial charge on any atom is -0.475 e. The maximum Gasteiger partial charge on any atom is 0.490 e. The first kappa shape index (κ1) is 32.6. The molecule has 13 nitrogen and oxygen atoms in total. The fraction of sp³-hybridized carbons (Fsp3) is 0.550. The number of carboxylic acid groups (broad SMARTS) is 2. The number of nitrogens with zero attached hydrogens (tertiary/aromatic N) is 6. The molecule has 2 aliphatic heterocycles. The average molecular weight is 604 g/mol. The monoisotopic (exact) mass is 604 g/mol. The highest BCUT2D eigenvalue weighted by atomic mass is 32.1. The molecule has 222 valence electrons. The summed E-state index contributed by atoms with van der Waals surface area (Å²) in [5, 5.41) is 18.2. The van der Waals surface area contributed by atoms with Gasteiger partial charge in [0, 0.05) is 25.8 Å². The fourth-order valence-electron chi connectivity index (χ4n) is 3.12. The van der Waals surface area contributed by atoms with E-state index in [4.69, 9.17) is 34.3 Å². The van der Waals surface area contributed by atoms with E-state index in [1.807, 2.05) is 13.0 Å². The summed E-state index contributed by atoms with van der Waals surface area (Å²) in [6, 6.07) is 1.55. The molecule has 0 spiro atoms. The standard InChI is InChI=1S/C16H20N6O3S.2C2HF3O2/c1-11-14(19-20-26-11)16(23)22-6-9-25-10-12(22)15-17-3-2-13(18-15)21-4-7-24-8-5-21;2*3-2(4,5)1(6)7/h2-3,12H,4-10H2,1H3;2*(H,6,7). The van der Waals surface area contributed by atoms with Crippen LogP contribution in [0.2, 0.25) is 0 Å². The van der Waals surface area contributed by atoms with Crippen LogP contribution in [0.4, 0.5) is 32.2 Å². The van der Waals surface area contributed by atoms with Gasteiger partial charge in [-0.05, 0) is 24.5 Å². The lowest BCUT2D eigenvalue weighted by molar-refractivity contribution is -0.193. The van der Waals surface area contributed by atoms with Crippen LogP contribution >= 0.6 is 11.5 Å². The maximum absolute atomic E-state index is 12.9. The number of aliphatic carboxylic acids is 2. The van der Waals surface area contributed by atoms with Gasteiger partial charge in [-0.3, -0.25) is 4.79 Å². The predicted molar refractivity (Wildman–Crippen MR) is 122 cm³/mol. The topological polar surface area (TPSA) is 168 Å². The van der Waals surface area contributed by atoms with Gasteiger partial charge in [0.2, 0.25) is 0 Å². The molecule has 2 fully saturated rings. The van der Waals surface area contributed by atoms with Gasteiger partial charge in [-0.25, -0.2) is 19.6 Å². The van der Waals surface area contributed by atoms with E-state index in [1.54, 1.807) is 11.1 Å². The number of carbonyl (C=O) groups is 3. The van der Waals surface area contributed by atoms with E-state index in [-0.39, 0.29) is 11.9 Å². The van der Waals surface area contributed by atoms with E-state index in [0.29, 0.717) is 44.5 Å². The molecule has 1 atom stereocenters. The Hall–Kier alpha value is -3.65. The molecule has 2 N–H and O–H groups in total. The summed E-state index contributed by atoms with van der Waals surface area (Å²) < 4.78 is 78.4. The summed E-state index contributed by atoms with van der Waals surface area (Å²) in [6.07, 6.45) is -8.43. The number of aromatic nitrogens is 4. The van der Waals surface area contributed by atoms with Crippen LogP contribution in [0.5, 0.6) is 0 Å². The summed E-state index contributed by atoms with van der Waals surface area (Å²) >= 11 is 1.23. The van der Waals surface area contributed by atoms with Crippen molar-refractivity contribution in [3.63, 3.8) is 0 Å². The van der Waals surface area contributed by atoms with Crippen molar-refractivity contribution in [3.05, 3.63) is 28.7 Å². The first-order valence-electron chi connectivity index (χ1n) is 11.1. The van der Waals surface area contributed by atoms with Gasteiger partial charge in [-0.2, -0.15) is 26.3 Å². The van der Waals surface area contributed by atoms with Crippen LogP contribution in [0.1, 0.15) is 27.2 Å². The smallest absolute Gasteiger partial charge is 0.475 e. The second kappa shape index (κ2) is 14.1. The summed E-state index contributed by atoms with van der Waals surface area (Å²) in [5.41, 5.74) is 0.395. The molecule has 4 rings (SSSR count). The number of carboxylic acids is 2. The van der Waals surface area contributed by atoms with Crippen LogP contribution in [-0.2, 0) is 19.1 Å². The largest absolute Gasteiger partial charge is 0.490 e. The minimum absolute atomic E-state index is 0.148. The number of anilines is 1. The molecule has 0 saturated carbocycles. The lowest BCUT2D eigenvalue weighted by Crippen LogP contribution is -2.44. The number of amides is 1. The Morgan fingerprint density at radius 1 is 0.975 bits per heavy atom. The number of morpholine rings is 2. The van der Waals surface area contributed by atoms with Crippen LogP contribution in [0.15, 0.2) is 12.3 Å². The summed E-state index contributed by atoms with van der Waals surface area (Å²) in [4.78, 5) is 44.6. The van der Waals surface area contributed by atoms with Crippen molar-refractivity contribution in [2.75, 3.05) is 51.0 Å². The number of halogens is 6. The molecule has 2 aromatic rings. The molecule has 2 aromatic heterocycles. The Morgan fingerprint density at radius 2 is 1.52 bits per heavy atom. The van der Waals surface area contributed by atoms with E-state index in [9.17, 15) is 31.1 Å². The molecular formula is C20H22F6N6O7S. The van der Waals surface area contributed by atoms with E-state index >= 15 is 0 Å². The minimum atomic E-state index is -5.08. The third-order valence-electron chi connectivity index (χ3n) is 5.02. The van der Waals surface area contributed by atoms with Gasteiger partial charge >= 0.3 is 24.3 Å². The Morgan fingerprint density at radius 3 is 2.02 bits per heavy atom. The van der Waals surface area contributed by atoms with E-state index < -0.39 is 24.3 Å². The van der Waals surface area contributed by atoms with Gasteiger partial charge in [-0.15, -0.1) is 5.10 Å². The molecule has 1 amide bonds. The molecule has 0 bridgehead atoms.